The van der Waals surface area contributed by atoms with Crippen LogP contribution in [0.3, 0.4) is 0 Å². The van der Waals surface area contributed by atoms with Gasteiger partial charge in [-0.25, -0.2) is 0 Å². The molecule has 198 valence electrons. The van der Waals surface area contributed by atoms with Crippen LogP contribution in [0.25, 0.3) is 0 Å². The van der Waals surface area contributed by atoms with Gasteiger partial charge in [0, 0.05) is 42.2 Å². The highest BCUT2D eigenvalue weighted by Gasteiger charge is 2.37. The Hall–Kier alpha value is -3.88. The number of anilines is 1. The molecule has 0 fully saturated rings. The fraction of sp³-hybridized carbons (Fsp3) is 0.200. The minimum Gasteiger partial charge on any atom is -0.482 e. The maximum Gasteiger partial charge on any atom is 0.275 e. The number of carbonyl (C=O) groups is 1. The molecule has 0 spiro atoms. The largest absolute Gasteiger partial charge is 0.482 e. The average molecular weight is 559 g/mol. The Morgan fingerprint density at radius 2 is 1.79 bits per heavy atom. The second-order valence-corrected chi connectivity index (χ2v) is 11.1. The van der Waals surface area contributed by atoms with E-state index in [1.54, 1.807) is 16.4 Å². The number of aromatic nitrogens is 1. The van der Waals surface area contributed by atoms with Gasteiger partial charge in [-0.1, -0.05) is 72.3 Å². The van der Waals surface area contributed by atoms with Crippen molar-refractivity contribution in [2.45, 2.75) is 23.3 Å². The van der Waals surface area contributed by atoms with Gasteiger partial charge in [-0.2, -0.15) is 0 Å². The van der Waals surface area contributed by atoms with Gasteiger partial charge < -0.3 is 15.0 Å². The van der Waals surface area contributed by atoms with Crippen molar-refractivity contribution in [3.05, 3.63) is 122 Å². The third-order valence-corrected chi connectivity index (χ3v) is 8.45. The number of hydrogen-bond acceptors (Lipinski definition) is 6. The Morgan fingerprint density at radius 1 is 1.03 bits per heavy atom. The van der Waals surface area contributed by atoms with Gasteiger partial charge >= 0.3 is 0 Å². The second-order valence-electron chi connectivity index (χ2n) is 9.68. The standard InChI is InChI=1S/C30H27ClN4O3S/c1-33(2)23-13-8-11-20-17-39-24-14-7-6-12-21(24)26(25(20)23)35-18-32-30(37)27-29(28(36)22(31)15-34(27)35)38-16-19-9-4-3-5-10-19/h3-15,26H,16-18H2,1-2H3,(H,32,37). The number of halogens is 1. The van der Waals surface area contributed by atoms with Crippen LogP contribution in [0.4, 0.5) is 5.69 Å². The van der Waals surface area contributed by atoms with Gasteiger partial charge in [0.2, 0.25) is 5.43 Å². The summed E-state index contributed by atoms with van der Waals surface area (Å²) < 4.78 is 7.72. The molecule has 6 rings (SSSR count). The zero-order chi connectivity index (χ0) is 27.1. The van der Waals surface area contributed by atoms with E-state index >= 15 is 0 Å². The molecule has 0 bridgehead atoms. The highest BCUT2D eigenvalue weighted by molar-refractivity contribution is 7.98. The molecule has 1 N–H and O–H groups in total. The van der Waals surface area contributed by atoms with Crippen LogP contribution < -0.4 is 25.4 Å². The normalized spacial score (nSPS) is 15.9. The predicted octanol–water partition coefficient (Wildman–Crippen LogP) is 5.18. The Balaban J connectivity index is 1.55. The summed E-state index contributed by atoms with van der Waals surface area (Å²) in [5.74, 6) is 0.361. The molecule has 0 saturated carbocycles. The molecular formula is C30H27ClN4O3S. The zero-order valence-corrected chi connectivity index (χ0v) is 23.1. The molecule has 39 heavy (non-hydrogen) atoms. The van der Waals surface area contributed by atoms with Crippen LogP contribution in [0.5, 0.6) is 5.75 Å². The molecule has 1 amide bonds. The van der Waals surface area contributed by atoms with Crippen molar-refractivity contribution in [2.24, 2.45) is 0 Å². The van der Waals surface area contributed by atoms with E-state index in [4.69, 9.17) is 16.3 Å². The number of hydrogen-bond donors (Lipinski definition) is 1. The topological polar surface area (TPSA) is 66.8 Å². The monoisotopic (exact) mass is 558 g/mol. The minimum absolute atomic E-state index is 0.0149. The Labute approximate surface area is 235 Å². The first-order valence-electron chi connectivity index (χ1n) is 12.6. The van der Waals surface area contributed by atoms with E-state index < -0.39 is 5.43 Å². The van der Waals surface area contributed by atoms with E-state index in [0.29, 0.717) is 0 Å². The summed E-state index contributed by atoms with van der Waals surface area (Å²) in [6, 6.07) is 23.9. The van der Waals surface area contributed by atoms with Crippen LogP contribution in [0.2, 0.25) is 5.02 Å². The highest BCUT2D eigenvalue weighted by atomic mass is 35.5. The number of benzene rings is 3. The smallest absolute Gasteiger partial charge is 0.275 e. The molecule has 0 saturated heterocycles. The number of amides is 1. The first kappa shape index (κ1) is 25.4. The lowest BCUT2D eigenvalue weighted by molar-refractivity contribution is 0.0912. The predicted molar refractivity (Wildman–Crippen MR) is 156 cm³/mol. The zero-order valence-electron chi connectivity index (χ0n) is 21.6. The summed E-state index contributed by atoms with van der Waals surface area (Å²) >= 11 is 8.31. The lowest BCUT2D eigenvalue weighted by Gasteiger charge is -2.41. The number of nitrogens with zero attached hydrogens (tertiary/aromatic N) is 3. The number of nitrogens with one attached hydrogen (secondary N) is 1. The van der Waals surface area contributed by atoms with Crippen molar-refractivity contribution in [1.82, 2.24) is 9.99 Å². The molecule has 1 unspecified atom stereocenters. The molecule has 4 aromatic rings. The van der Waals surface area contributed by atoms with Crippen LogP contribution in [0.1, 0.15) is 38.8 Å². The van der Waals surface area contributed by atoms with Gasteiger partial charge in [-0.15, -0.1) is 11.8 Å². The molecule has 2 aliphatic rings. The van der Waals surface area contributed by atoms with E-state index in [0.717, 1.165) is 33.0 Å². The lowest BCUT2D eigenvalue weighted by Crippen LogP contribution is -2.54. The molecule has 1 atom stereocenters. The van der Waals surface area contributed by atoms with Gasteiger partial charge in [-0.3, -0.25) is 19.3 Å². The summed E-state index contributed by atoms with van der Waals surface area (Å²) in [4.78, 5) is 29.8. The molecule has 9 heteroatoms. The first-order valence-corrected chi connectivity index (χ1v) is 14.0. The average Bonchev–Trinajstić information content (AvgIpc) is 3.11. The molecule has 1 aromatic heterocycles. The van der Waals surface area contributed by atoms with Gasteiger partial charge in [0.05, 0.1) is 0 Å². The third kappa shape index (κ3) is 4.53. The van der Waals surface area contributed by atoms with Gasteiger partial charge in [0.25, 0.3) is 5.91 Å². The Kier molecular flexibility index (Phi) is 6.74. The van der Waals surface area contributed by atoms with Gasteiger partial charge in [-0.05, 0) is 28.8 Å². The molecule has 0 aliphatic carbocycles. The highest BCUT2D eigenvalue weighted by Crippen LogP contribution is 2.45. The second kappa shape index (κ2) is 10.4. The molecule has 3 aromatic carbocycles. The third-order valence-electron chi connectivity index (χ3n) is 7.05. The summed E-state index contributed by atoms with van der Waals surface area (Å²) in [6.45, 7) is 0.348. The fourth-order valence-corrected chi connectivity index (χ4v) is 6.50. The van der Waals surface area contributed by atoms with Crippen molar-refractivity contribution < 1.29 is 9.53 Å². The van der Waals surface area contributed by atoms with Gasteiger partial charge in [0.15, 0.2) is 11.4 Å². The fourth-order valence-electron chi connectivity index (χ4n) is 5.24. The van der Waals surface area contributed by atoms with Crippen molar-refractivity contribution >= 4 is 35.0 Å². The minimum atomic E-state index is -0.512. The lowest BCUT2D eigenvalue weighted by atomic mass is 9.92. The molecule has 0 radical (unpaired) electrons. The maximum atomic E-state index is 13.3. The van der Waals surface area contributed by atoms with Crippen LogP contribution in [0, 0.1) is 0 Å². The van der Waals surface area contributed by atoms with Crippen molar-refractivity contribution in [1.29, 1.82) is 0 Å². The van der Waals surface area contributed by atoms with Crippen LogP contribution in [-0.4, -0.2) is 31.3 Å². The number of thioether (sulfide) groups is 1. The van der Waals surface area contributed by atoms with E-state index in [-0.39, 0.29) is 41.7 Å². The van der Waals surface area contributed by atoms with E-state index in [1.807, 2.05) is 61.6 Å². The van der Waals surface area contributed by atoms with Gasteiger partial charge in [0.1, 0.15) is 24.3 Å². The molecule has 7 nitrogen and oxygen atoms in total. The summed E-state index contributed by atoms with van der Waals surface area (Å²) in [5.41, 5.74) is 5.04. The van der Waals surface area contributed by atoms with Crippen molar-refractivity contribution in [3.8, 4) is 5.75 Å². The van der Waals surface area contributed by atoms with E-state index in [9.17, 15) is 9.59 Å². The van der Waals surface area contributed by atoms with Crippen LogP contribution in [-0.2, 0) is 12.4 Å². The van der Waals surface area contributed by atoms with Crippen LogP contribution >= 0.6 is 23.4 Å². The quantitative estimate of drug-likeness (QED) is 0.364. The van der Waals surface area contributed by atoms with Crippen LogP contribution in [0.15, 0.2) is 88.7 Å². The maximum absolute atomic E-state index is 13.3. The van der Waals surface area contributed by atoms with E-state index in [1.165, 1.54) is 11.8 Å². The van der Waals surface area contributed by atoms with E-state index in [2.05, 4.69) is 40.5 Å². The number of fused-ring (bicyclic) bond motifs is 3. The number of pyridine rings is 1. The van der Waals surface area contributed by atoms with Crippen molar-refractivity contribution in [2.75, 3.05) is 30.7 Å². The number of rotatable bonds is 5. The Morgan fingerprint density at radius 3 is 2.59 bits per heavy atom. The number of ether oxygens (including phenoxy) is 1. The Bertz CT molecular complexity index is 1620. The first-order chi connectivity index (χ1) is 18.9. The van der Waals surface area contributed by atoms with Crippen molar-refractivity contribution in [3.63, 3.8) is 0 Å². The molecule has 2 aliphatic heterocycles. The molecule has 3 heterocycles. The molecular weight excluding hydrogens is 532 g/mol. The SMILES string of the molecule is CN(C)c1cccc2c1C(N1CNC(=O)c3c(OCc4ccccc4)c(=O)c(Cl)cn31)c1ccccc1SC2. The summed E-state index contributed by atoms with van der Waals surface area (Å²) in [6.07, 6.45) is 1.53. The summed E-state index contributed by atoms with van der Waals surface area (Å²) in [7, 11) is 4.07. The summed E-state index contributed by atoms with van der Waals surface area (Å²) in [5, 5.41) is 5.02. The number of carbonyl (C=O) groups excluding carboxylic acids is 1.